The molecule has 1 saturated heterocycles. The lowest BCUT2D eigenvalue weighted by molar-refractivity contribution is -0.131. The number of hydrogen-bond donors (Lipinski definition) is 1. The van der Waals surface area contributed by atoms with Gasteiger partial charge in [-0.15, -0.1) is 10.2 Å². The van der Waals surface area contributed by atoms with E-state index in [0.717, 1.165) is 12.8 Å². The maximum Gasteiger partial charge on any atom is 0.397 e. The monoisotopic (exact) mass is 370 g/mol. The minimum Gasteiger partial charge on any atom is -0.505 e. The standard InChI is InChI=1S/C16H17F3N4O3/c1-9-6-11(24)13(20-8-9)15(25)23-5-3-2-4-10(23)14-22-21-12(26-14)7-16(17,18)19/h6,8,10,24H,2-5,7H2,1H3. The number of aromatic hydroxyl groups is 1. The first-order chi connectivity index (χ1) is 12.2. The highest BCUT2D eigenvalue weighted by Gasteiger charge is 2.36. The van der Waals surface area contributed by atoms with Gasteiger partial charge in [0, 0.05) is 12.7 Å². The number of pyridine rings is 1. The van der Waals surface area contributed by atoms with Crippen LogP contribution in [-0.4, -0.2) is 43.8 Å². The third-order valence-corrected chi connectivity index (χ3v) is 4.09. The highest BCUT2D eigenvalue weighted by molar-refractivity contribution is 5.95. The van der Waals surface area contributed by atoms with Crippen molar-refractivity contribution < 1.29 is 27.5 Å². The van der Waals surface area contributed by atoms with Gasteiger partial charge in [-0.3, -0.25) is 4.79 Å². The molecule has 1 atom stereocenters. The molecular weight excluding hydrogens is 353 g/mol. The molecule has 0 saturated carbocycles. The molecule has 1 amide bonds. The van der Waals surface area contributed by atoms with E-state index in [0.29, 0.717) is 18.5 Å². The fourth-order valence-corrected chi connectivity index (χ4v) is 2.93. The van der Waals surface area contributed by atoms with Crippen molar-refractivity contribution in [2.75, 3.05) is 6.54 Å². The Labute approximate surface area is 146 Å². The van der Waals surface area contributed by atoms with Gasteiger partial charge in [-0.25, -0.2) is 4.98 Å². The van der Waals surface area contributed by atoms with Crippen LogP contribution in [0.2, 0.25) is 0 Å². The summed E-state index contributed by atoms with van der Waals surface area (Å²) in [5, 5.41) is 17.1. The van der Waals surface area contributed by atoms with Gasteiger partial charge in [-0.1, -0.05) is 0 Å². The number of hydrogen-bond acceptors (Lipinski definition) is 6. The van der Waals surface area contributed by atoms with Crippen molar-refractivity contribution in [3.63, 3.8) is 0 Å². The van der Waals surface area contributed by atoms with E-state index in [1.165, 1.54) is 17.2 Å². The van der Waals surface area contributed by atoms with Gasteiger partial charge in [0.05, 0.1) is 0 Å². The number of halogens is 3. The number of likely N-dealkylation sites (tertiary alicyclic amines) is 1. The Balaban J connectivity index is 1.85. The van der Waals surface area contributed by atoms with Crippen LogP contribution < -0.4 is 0 Å². The molecule has 1 N–H and O–H groups in total. The van der Waals surface area contributed by atoms with Gasteiger partial charge in [0.1, 0.15) is 18.2 Å². The Bertz CT molecular complexity index is 806. The van der Waals surface area contributed by atoms with Gasteiger partial charge >= 0.3 is 6.18 Å². The number of aromatic nitrogens is 3. The van der Waals surface area contributed by atoms with Crippen molar-refractivity contribution in [2.45, 2.75) is 44.8 Å². The first-order valence-corrected chi connectivity index (χ1v) is 8.10. The minimum atomic E-state index is -4.45. The Morgan fingerprint density at radius 2 is 2.15 bits per heavy atom. The summed E-state index contributed by atoms with van der Waals surface area (Å²) < 4.78 is 42.5. The van der Waals surface area contributed by atoms with Gasteiger partial charge in [0.15, 0.2) is 5.69 Å². The third kappa shape index (κ3) is 3.94. The molecule has 3 rings (SSSR count). The second kappa shape index (κ2) is 6.93. The van der Waals surface area contributed by atoms with Gasteiger partial charge < -0.3 is 14.4 Å². The van der Waals surface area contributed by atoms with Crippen LogP contribution in [0.15, 0.2) is 16.7 Å². The molecule has 0 aromatic carbocycles. The van der Waals surface area contributed by atoms with Crippen LogP contribution in [-0.2, 0) is 6.42 Å². The van der Waals surface area contributed by atoms with E-state index in [9.17, 15) is 23.1 Å². The molecule has 1 fully saturated rings. The molecule has 3 heterocycles. The van der Waals surface area contributed by atoms with Crippen molar-refractivity contribution in [1.82, 2.24) is 20.1 Å². The summed E-state index contributed by atoms with van der Waals surface area (Å²) in [5.74, 6) is -1.35. The van der Waals surface area contributed by atoms with E-state index < -0.39 is 30.4 Å². The number of aryl methyl sites for hydroxylation is 1. The fraction of sp³-hybridized carbons (Fsp3) is 0.500. The molecule has 10 heteroatoms. The molecule has 26 heavy (non-hydrogen) atoms. The maximum absolute atomic E-state index is 12.8. The number of piperidine rings is 1. The summed E-state index contributed by atoms with van der Waals surface area (Å²) in [5.41, 5.74) is 0.584. The smallest absolute Gasteiger partial charge is 0.397 e. The second-order valence-corrected chi connectivity index (χ2v) is 6.22. The molecule has 0 radical (unpaired) electrons. The number of rotatable bonds is 3. The number of carbonyl (C=O) groups is 1. The zero-order chi connectivity index (χ0) is 18.9. The van der Waals surface area contributed by atoms with Crippen molar-refractivity contribution in [1.29, 1.82) is 0 Å². The number of carbonyl (C=O) groups excluding carboxylic acids is 1. The van der Waals surface area contributed by atoms with Gasteiger partial charge in [0.25, 0.3) is 5.91 Å². The molecule has 0 spiro atoms. The predicted molar refractivity (Wildman–Crippen MR) is 82.3 cm³/mol. The number of amides is 1. The molecule has 7 nitrogen and oxygen atoms in total. The summed E-state index contributed by atoms with van der Waals surface area (Å²) in [6.07, 6.45) is -2.35. The Morgan fingerprint density at radius 3 is 2.85 bits per heavy atom. The van der Waals surface area contributed by atoms with E-state index in [-0.39, 0.29) is 17.3 Å². The average molecular weight is 370 g/mol. The lowest BCUT2D eigenvalue weighted by Gasteiger charge is -2.33. The van der Waals surface area contributed by atoms with Gasteiger partial charge in [0.2, 0.25) is 11.8 Å². The zero-order valence-corrected chi connectivity index (χ0v) is 14.0. The van der Waals surface area contributed by atoms with Crippen LogP contribution in [0, 0.1) is 6.92 Å². The molecule has 0 bridgehead atoms. The lowest BCUT2D eigenvalue weighted by atomic mass is 10.0. The molecular formula is C16H17F3N4O3. The first kappa shape index (κ1) is 18.2. The van der Waals surface area contributed by atoms with Gasteiger partial charge in [-0.2, -0.15) is 13.2 Å². The van der Waals surface area contributed by atoms with E-state index in [1.54, 1.807) is 6.92 Å². The molecule has 1 aliphatic heterocycles. The molecule has 0 aliphatic carbocycles. The van der Waals surface area contributed by atoms with E-state index >= 15 is 0 Å². The summed E-state index contributed by atoms with van der Waals surface area (Å²) in [7, 11) is 0. The van der Waals surface area contributed by atoms with Crippen LogP contribution in [0.5, 0.6) is 5.75 Å². The summed E-state index contributed by atoms with van der Waals surface area (Å²) in [6.45, 7) is 2.08. The van der Waals surface area contributed by atoms with Crippen molar-refractivity contribution in [3.8, 4) is 5.75 Å². The topological polar surface area (TPSA) is 92.4 Å². The molecule has 1 unspecified atom stereocenters. The van der Waals surface area contributed by atoms with Crippen molar-refractivity contribution >= 4 is 5.91 Å². The van der Waals surface area contributed by atoms with Crippen molar-refractivity contribution in [3.05, 3.63) is 35.3 Å². The van der Waals surface area contributed by atoms with Gasteiger partial charge in [-0.05, 0) is 37.8 Å². The number of nitrogens with zero attached hydrogens (tertiary/aromatic N) is 4. The molecule has 140 valence electrons. The second-order valence-electron chi connectivity index (χ2n) is 6.22. The summed E-state index contributed by atoms with van der Waals surface area (Å²) in [4.78, 5) is 18.2. The maximum atomic E-state index is 12.8. The Kier molecular flexibility index (Phi) is 4.84. The highest BCUT2D eigenvalue weighted by Crippen LogP contribution is 2.33. The molecule has 2 aromatic heterocycles. The van der Waals surface area contributed by atoms with Crippen LogP contribution in [0.4, 0.5) is 13.2 Å². The zero-order valence-electron chi connectivity index (χ0n) is 14.0. The molecule has 1 aliphatic rings. The highest BCUT2D eigenvalue weighted by atomic mass is 19.4. The fourth-order valence-electron chi connectivity index (χ4n) is 2.93. The molecule has 2 aromatic rings. The van der Waals surface area contributed by atoms with E-state index in [4.69, 9.17) is 4.42 Å². The van der Waals surface area contributed by atoms with Crippen LogP contribution >= 0.6 is 0 Å². The van der Waals surface area contributed by atoms with E-state index in [2.05, 4.69) is 15.2 Å². The van der Waals surface area contributed by atoms with Crippen LogP contribution in [0.1, 0.15) is 53.1 Å². The van der Waals surface area contributed by atoms with Crippen LogP contribution in [0.3, 0.4) is 0 Å². The predicted octanol–water partition coefficient (Wildman–Crippen LogP) is 2.95. The third-order valence-electron chi connectivity index (χ3n) is 4.09. The average Bonchev–Trinajstić information content (AvgIpc) is 3.00. The minimum absolute atomic E-state index is 0.0381. The Morgan fingerprint density at radius 1 is 1.38 bits per heavy atom. The SMILES string of the molecule is Cc1cnc(C(=O)N2CCCCC2c2nnc(CC(F)(F)F)o2)c(O)c1. The van der Waals surface area contributed by atoms with Crippen molar-refractivity contribution in [2.24, 2.45) is 0 Å². The van der Waals surface area contributed by atoms with E-state index in [1.807, 2.05) is 0 Å². The summed E-state index contributed by atoms with van der Waals surface area (Å²) in [6, 6.07) is 0.779. The lowest BCUT2D eigenvalue weighted by Crippen LogP contribution is -2.39. The first-order valence-electron chi connectivity index (χ1n) is 8.10. The quantitative estimate of drug-likeness (QED) is 0.893. The Hall–Kier alpha value is -2.65. The largest absolute Gasteiger partial charge is 0.505 e. The number of alkyl halides is 3. The van der Waals surface area contributed by atoms with Crippen LogP contribution in [0.25, 0.3) is 0 Å². The normalized spacial score (nSPS) is 18.2. The summed E-state index contributed by atoms with van der Waals surface area (Å²) >= 11 is 0.